The average Bonchev–Trinajstić information content (AvgIpc) is 3.32. The van der Waals surface area contributed by atoms with Gasteiger partial charge in [-0.25, -0.2) is 4.98 Å². The number of pyridine rings is 1. The summed E-state index contributed by atoms with van der Waals surface area (Å²) in [6.45, 7) is 3.69. The Kier molecular flexibility index (Phi) is 6.48. The molecular formula is C24H27N5O4S. The highest BCUT2D eigenvalue weighted by molar-refractivity contribution is 7.71. The highest BCUT2D eigenvalue weighted by Gasteiger charge is 2.21. The molecule has 10 heteroatoms. The summed E-state index contributed by atoms with van der Waals surface area (Å²) in [7, 11) is 0. The minimum Gasteiger partial charge on any atom is -0.454 e. The van der Waals surface area contributed by atoms with E-state index in [0.29, 0.717) is 40.1 Å². The summed E-state index contributed by atoms with van der Waals surface area (Å²) in [5.74, 6) is 2.33. The number of fused-ring (bicyclic) bond motifs is 2. The molecule has 2 aromatic heterocycles. The number of aromatic nitrogens is 3. The van der Waals surface area contributed by atoms with Gasteiger partial charge in [0.05, 0.1) is 10.9 Å². The molecule has 0 atom stereocenters. The number of hydrogen-bond acceptors (Lipinski definition) is 7. The third-order valence-electron chi connectivity index (χ3n) is 6.35. The van der Waals surface area contributed by atoms with Gasteiger partial charge in [0.2, 0.25) is 12.7 Å². The zero-order valence-corrected chi connectivity index (χ0v) is 19.7. The third kappa shape index (κ3) is 4.63. The number of H-pyrrole nitrogens is 1. The largest absolute Gasteiger partial charge is 0.454 e. The van der Waals surface area contributed by atoms with Gasteiger partial charge in [-0.2, -0.15) is 0 Å². The molecule has 0 spiro atoms. The van der Waals surface area contributed by atoms with E-state index in [2.05, 4.69) is 14.9 Å². The first-order chi connectivity index (χ1) is 16.6. The minimum absolute atomic E-state index is 0.140. The summed E-state index contributed by atoms with van der Waals surface area (Å²) in [5.41, 5.74) is 0.503. The molecule has 178 valence electrons. The molecule has 2 aliphatic rings. The molecular weight excluding hydrogens is 454 g/mol. The van der Waals surface area contributed by atoms with Crippen LogP contribution in [0.25, 0.3) is 10.9 Å². The molecule has 9 nitrogen and oxygen atoms in total. The predicted octanol–water partition coefficient (Wildman–Crippen LogP) is 3.09. The number of carbonyl (C=O) groups excluding carboxylic acids is 1. The first kappa shape index (κ1) is 22.4. The monoisotopic (exact) mass is 481 g/mol. The van der Waals surface area contributed by atoms with E-state index in [-0.39, 0.29) is 18.3 Å². The molecule has 0 aliphatic carbocycles. The standard InChI is InChI=1S/C24H27N5O4S/c30-22(28-12-10-27(11-13-28)21-6-3-4-8-25-21)7-2-1-5-9-29-23(31)17-14-19-20(33-16-32-19)15-18(17)26-24(29)34/h3-4,6,8,14-15H,1-2,5,7,9-13,16H2,(H,26,34). The fraction of sp³-hybridized carbons (Fsp3) is 0.417. The summed E-state index contributed by atoms with van der Waals surface area (Å²) in [5, 5.41) is 0.526. The fourth-order valence-corrected chi connectivity index (χ4v) is 4.74. The Balaban J connectivity index is 1.10. The van der Waals surface area contributed by atoms with Crippen LogP contribution in [-0.4, -0.2) is 58.3 Å². The third-order valence-corrected chi connectivity index (χ3v) is 6.68. The van der Waals surface area contributed by atoms with Crippen molar-refractivity contribution in [2.75, 3.05) is 37.9 Å². The van der Waals surface area contributed by atoms with Gasteiger partial charge in [-0.1, -0.05) is 12.5 Å². The lowest BCUT2D eigenvalue weighted by molar-refractivity contribution is -0.131. The zero-order valence-electron chi connectivity index (χ0n) is 18.9. The second-order valence-electron chi connectivity index (χ2n) is 8.50. The van der Waals surface area contributed by atoms with E-state index in [1.807, 2.05) is 23.1 Å². The summed E-state index contributed by atoms with van der Waals surface area (Å²) < 4.78 is 12.7. The number of benzene rings is 1. The quantitative estimate of drug-likeness (QED) is 0.409. The summed E-state index contributed by atoms with van der Waals surface area (Å²) in [6.07, 6.45) is 4.72. The van der Waals surface area contributed by atoms with E-state index < -0.39 is 0 Å². The zero-order chi connectivity index (χ0) is 23.5. The summed E-state index contributed by atoms with van der Waals surface area (Å²) in [6, 6.07) is 9.34. The number of nitrogens with zero attached hydrogens (tertiary/aromatic N) is 4. The molecule has 0 saturated carbocycles. The number of amides is 1. The number of ether oxygens (including phenoxy) is 2. The maximum Gasteiger partial charge on any atom is 0.262 e. The molecule has 0 unspecified atom stereocenters. The number of carbonyl (C=O) groups is 1. The van der Waals surface area contributed by atoms with Crippen LogP contribution in [0.4, 0.5) is 5.82 Å². The van der Waals surface area contributed by atoms with Crippen molar-refractivity contribution in [2.24, 2.45) is 0 Å². The first-order valence-corrected chi connectivity index (χ1v) is 12.0. The molecule has 4 heterocycles. The molecule has 1 aromatic carbocycles. The van der Waals surface area contributed by atoms with Crippen molar-refractivity contribution in [2.45, 2.75) is 32.2 Å². The number of aromatic amines is 1. The lowest BCUT2D eigenvalue weighted by Gasteiger charge is -2.35. The normalized spacial score (nSPS) is 15.2. The molecule has 2 aliphatic heterocycles. The van der Waals surface area contributed by atoms with Gasteiger partial charge in [-0.15, -0.1) is 0 Å². The van der Waals surface area contributed by atoms with Crippen LogP contribution in [0.2, 0.25) is 0 Å². The molecule has 1 amide bonds. The van der Waals surface area contributed by atoms with Crippen LogP contribution in [-0.2, 0) is 11.3 Å². The summed E-state index contributed by atoms with van der Waals surface area (Å²) >= 11 is 5.41. The predicted molar refractivity (Wildman–Crippen MR) is 131 cm³/mol. The highest BCUT2D eigenvalue weighted by atomic mass is 32.1. The van der Waals surface area contributed by atoms with Crippen LogP contribution < -0.4 is 19.9 Å². The Hall–Kier alpha value is -3.40. The van der Waals surface area contributed by atoms with Gasteiger partial charge in [-0.3, -0.25) is 14.2 Å². The number of nitrogens with one attached hydrogen (secondary N) is 1. The van der Waals surface area contributed by atoms with E-state index >= 15 is 0 Å². The number of anilines is 1. The van der Waals surface area contributed by atoms with Crippen molar-refractivity contribution in [1.82, 2.24) is 19.4 Å². The topological polar surface area (TPSA) is 92.7 Å². The van der Waals surface area contributed by atoms with Gasteiger partial charge in [0.1, 0.15) is 5.82 Å². The molecule has 1 N–H and O–H groups in total. The van der Waals surface area contributed by atoms with Crippen molar-refractivity contribution in [3.63, 3.8) is 0 Å². The van der Waals surface area contributed by atoms with Crippen molar-refractivity contribution in [1.29, 1.82) is 0 Å². The van der Waals surface area contributed by atoms with Crippen LogP contribution in [0.5, 0.6) is 11.5 Å². The average molecular weight is 482 g/mol. The van der Waals surface area contributed by atoms with E-state index in [4.69, 9.17) is 21.7 Å². The fourth-order valence-electron chi connectivity index (χ4n) is 4.45. The van der Waals surface area contributed by atoms with E-state index in [0.717, 1.165) is 51.3 Å². The maximum atomic E-state index is 13.0. The summed E-state index contributed by atoms with van der Waals surface area (Å²) in [4.78, 5) is 37.2. The van der Waals surface area contributed by atoms with Gasteiger partial charge in [0, 0.05) is 51.4 Å². The van der Waals surface area contributed by atoms with Crippen LogP contribution in [0.15, 0.2) is 41.3 Å². The molecule has 3 aromatic rings. The van der Waals surface area contributed by atoms with Gasteiger partial charge >= 0.3 is 0 Å². The molecule has 0 bridgehead atoms. The van der Waals surface area contributed by atoms with Gasteiger partial charge in [0.25, 0.3) is 5.56 Å². The van der Waals surface area contributed by atoms with E-state index in [1.165, 1.54) is 0 Å². The lowest BCUT2D eigenvalue weighted by Crippen LogP contribution is -2.49. The first-order valence-electron chi connectivity index (χ1n) is 11.6. The number of rotatable bonds is 7. The van der Waals surface area contributed by atoms with Crippen LogP contribution in [0.3, 0.4) is 0 Å². The lowest BCUT2D eigenvalue weighted by atomic mass is 10.1. The highest BCUT2D eigenvalue weighted by Crippen LogP contribution is 2.34. The van der Waals surface area contributed by atoms with Crippen molar-refractivity contribution >= 4 is 34.8 Å². The van der Waals surface area contributed by atoms with Crippen molar-refractivity contribution < 1.29 is 14.3 Å². The molecule has 1 saturated heterocycles. The Labute approximate surface area is 201 Å². The molecule has 1 fully saturated rings. The number of hydrogen-bond donors (Lipinski definition) is 1. The van der Waals surface area contributed by atoms with Crippen molar-refractivity contribution in [3.05, 3.63) is 51.7 Å². The number of unbranched alkanes of at least 4 members (excludes halogenated alkanes) is 2. The van der Waals surface area contributed by atoms with Crippen LogP contribution in [0.1, 0.15) is 25.7 Å². The Morgan fingerprint density at radius 1 is 1.06 bits per heavy atom. The maximum absolute atomic E-state index is 13.0. The van der Waals surface area contributed by atoms with Gasteiger partial charge < -0.3 is 24.3 Å². The number of piperazine rings is 1. The second kappa shape index (κ2) is 9.84. The SMILES string of the molecule is O=C(CCCCCn1c(=S)[nH]c2cc3c(cc2c1=O)OCO3)N1CCN(c2ccccn2)CC1. The van der Waals surface area contributed by atoms with E-state index in [9.17, 15) is 9.59 Å². The Morgan fingerprint density at radius 3 is 2.62 bits per heavy atom. The minimum atomic E-state index is -0.140. The van der Waals surface area contributed by atoms with Crippen LogP contribution >= 0.6 is 12.2 Å². The second-order valence-corrected chi connectivity index (χ2v) is 8.89. The van der Waals surface area contributed by atoms with Crippen LogP contribution in [0, 0.1) is 4.77 Å². The van der Waals surface area contributed by atoms with E-state index in [1.54, 1.807) is 22.9 Å². The van der Waals surface area contributed by atoms with Gasteiger partial charge in [-0.05, 0) is 43.3 Å². The molecule has 0 radical (unpaired) electrons. The Bertz CT molecular complexity index is 1300. The smallest absolute Gasteiger partial charge is 0.262 e. The molecule has 5 rings (SSSR count). The Morgan fingerprint density at radius 2 is 1.85 bits per heavy atom. The van der Waals surface area contributed by atoms with Crippen molar-refractivity contribution in [3.8, 4) is 11.5 Å². The van der Waals surface area contributed by atoms with Gasteiger partial charge in [0.15, 0.2) is 16.3 Å². The molecule has 34 heavy (non-hydrogen) atoms.